The van der Waals surface area contributed by atoms with E-state index in [0.717, 1.165) is 21.2 Å². The molecule has 25 heavy (non-hydrogen) atoms. The first kappa shape index (κ1) is 19.1. The van der Waals surface area contributed by atoms with E-state index in [2.05, 4.69) is 22.0 Å². The smallest absolute Gasteiger partial charge is 0.175 e. The normalized spacial score (nSPS) is 11.3. The highest BCUT2D eigenvalue weighted by molar-refractivity contribution is 9.10. The average Bonchev–Trinajstić information content (AvgIpc) is 2.57. The van der Waals surface area contributed by atoms with Crippen molar-refractivity contribution < 1.29 is 9.47 Å². The minimum atomic E-state index is 0.0409. The summed E-state index contributed by atoms with van der Waals surface area (Å²) in [4.78, 5) is 0. The lowest BCUT2D eigenvalue weighted by atomic mass is 10.0. The van der Waals surface area contributed by atoms with E-state index < -0.39 is 0 Å². The number of aryl methyl sites for hydroxylation is 1. The van der Waals surface area contributed by atoms with Crippen LogP contribution in [0.3, 0.4) is 0 Å². The first-order valence-corrected chi connectivity index (χ1v) is 9.05. The van der Waals surface area contributed by atoms with E-state index in [1.54, 1.807) is 0 Å². The third-order valence-electron chi connectivity index (χ3n) is 3.48. The van der Waals surface area contributed by atoms with Crippen molar-refractivity contribution in [3.05, 3.63) is 57.6 Å². The van der Waals surface area contributed by atoms with E-state index in [1.807, 2.05) is 70.2 Å². The predicted octanol–water partition coefficient (Wildman–Crippen LogP) is 6.01. The molecule has 130 valence electrons. The topological polar surface area (TPSA) is 42.2 Å². The molecule has 0 saturated carbocycles. The van der Waals surface area contributed by atoms with Crippen molar-refractivity contribution in [2.75, 3.05) is 6.61 Å². The van der Waals surface area contributed by atoms with Crippen LogP contribution in [-0.4, -0.2) is 12.7 Å². The van der Waals surface area contributed by atoms with Gasteiger partial charge in [-0.25, -0.2) is 0 Å². The number of hydrogen-bond donors (Lipinski definition) is 0. The maximum absolute atomic E-state index is 9.54. The summed E-state index contributed by atoms with van der Waals surface area (Å²) in [6, 6.07) is 14.0. The third-order valence-corrected chi connectivity index (χ3v) is 4.07. The fraction of sp³-hybridized carbons (Fsp3) is 0.286. The van der Waals surface area contributed by atoms with Gasteiger partial charge in [0.15, 0.2) is 11.5 Å². The highest BCUT2D eigenvalue weighted by atomic mass is 79.9. The summed E-state index contributed by atoms with van der Waals surface area (Å²) in [7, 11) is 0. The zero-order chi connectivity index (χ0) is 18.4. The van der Waals surface area contributed by atoms with Crippen LogP contribution in [0.25, 0.3) is 11.6 Å². The van der Waals surface area contributed by atoms with Crippen LogP contribution in [0.1, 0.15) is 37.5 Å². The molecule has 0 radical (unpaired) electrons. The van der Waals surface area contributed by atoms with Crippen LogP contribution in [0.4, 0.5) is 0 Å². The van der Waals surface area contributed by atoms with Crippen LogP contribution < -0.4 is 9.47 Å². The molecule has 4 heteroatoms. The summed E-state index contributed by atoms with van der Waals surface area (Å²) in [6.45, 7) is 8.44. The molecule has 0 aliphatic heterocycles. The van der Waals surface area contributed by atoms with Crippen molar-refractivity contribution >= 4 is 27.6 Å². The van der Waals surface area contributed by atoms with Crippen molar-refractivity contribution in [2.45, 2.75) is 33.8 Å². The molecule has 0 bridgehead atoms. The number of nitriles is 1. The van der Waals surface area contributed by atoms with Gasteiger partial charge < -0.3 is 9.47 Å². The zero-order valence-corrected chi connectivity index (χ0v) is 16.6. The minimum Gasteiger partial charge on any atom is -0.490 e. The van der Waals surface area contributed by atoms with Gasteiger partial charge in [-0.1, -0.05) is 29.8 Å². The molecule has 0 saturated heterocycles. The fourth-order valence-electron chi connectivity index (χ4n) is 2.36. The fourth-order valence-corrected chi connectivity index (χ4v) is 2.92. The lowest BCUT2D eigenvalue weighted by Gasteiger charge is -2.17. The number of nitrogens with zero attached hydrogens (tertiary/aromatic N) is 1. The van der Waals surface area contributed by atoms with Gasteiger partial charge in [0.1, 0.15) is 0 Å². The van der Waals surface area contributed by atoms with Gasteiger partial charge in [0.25, 0.3) is 0 Å². The van der Waals surface area contributed by atoms with Crippen molar-refractivity contribution in [1.82, 2.24) is 0 Å². The van der Waals surface area contributed by atoms with Crippen molar-refractivity contribution in [1.29, 1.82) is 5.26 Å². The largest absolute Gasteiger partial charge is 0.490 e. The van der Waals surface area contributed by atoms with E-state index >= 15 is 0 Å². The Morgan fingerprint density at radius 1 is 1.24 bits per heavy atom. The summed E-state index contributed by atoms with van der Waals surface area (Å²) in [5.74, 6) is 1.35. The van der Waals surface area contributed by atoms with Crippen LogP contribution in [0.5, 0.6) is 11.5 Å². The number of rotatable bonds is 6. The number of benzene rings is 2. The Hall–Kier alpha value is -2.25. The number of hydrogen-bond acceptors (Lipinski definition) is 3. The molecule has 2 aromatic carbocycles. The van der Waals surface area contributed by atoms with Crippen LogP contribution in [0, 0.1) is 18.3 Å². The van der Waals surface area contributed by atoms with E-state index in [9.17, 15) is 5.26 Å². The second kappa shape index (κ2) is 8.73. The lowest BCUT2D eigenvalue weighted by Crippen LogP contribution is -2.08. The highest BCUT2D eigenvalue weighted by Crippen LogP contribution is 2.38. The summed E-state index contributed by atoms with van der Waals surface area (Å²) >= 11 is 3.56. The molecule has 0 unspecified atom stereocenters. The molecule has 3 nitrogen and oxygen atoms in total. The molecular formula is C21H22BrNO2. The van der Waals surface area contributed by atoms with Gasteiger partial charge in [0.2, 0.25) is 0 Å². The molecule has 0 amide bonds. The third kappa shape index (κ3) is 5.11. The average molecular weight is 400 g/mol. The SMILES string of the molecule is CCOc1cc(/C=C(\C#N)c2ccc(C)cc2)cc(Br)c1OC(C)C. The standard InChI is InChI=1S/C21H22BrNO2/c1-5-24-20-12-16(11-19(22)21(20)25-14(2)3)10-18(13-23)17-8-6-15(4)7-9-17/h6-12,14H,5H2,1-4H3/b18-10+. The Morgan fingerprint density at radius 3 is 2.48 bits per heavy atom. The van der Waals surface area contributed by atoms with Crippen LogP contribution in [-0.2, 0) is 0 Å². The molecule has 0 spiro atoms. The minimum absolute atomic E-state index is 0.0409. The van der Waals surface area contributed by atoms with Gasteiger partial charge in [-0.05, 0) is 73.0 Å². The molecule has 0 atom stereocenters. The lowest BCUT2D eigenvalue weighted by molar-refractivity contribution is 0.222. The molecule has 0 heterocycles. The van der Waals surface area contributed by atoms with Crippen LogP contribution in [0.2, 0.25) is 0 Å². The van der Waals surface area contributed by atoms with Gasteiger partial charge >= 0.3 is 0 Å². The molecule has 2 aromatic rings. The van der Waals surface area contributed by atoms with Gasteiger partial charge in [0, 0.05) is 0 Å². The Morgan fingerprint density at radius 2 is 1.92 bits per heavy atom. The molecule has 0 aliphatic carbocycles. The molecule has 0 fully saturated rings. The molecule has 0 aromatic heterocycles. The van der Waals surface area contributed by atoms with Crippen molar-refractivity contribution in [2.24, 2.45) is 0 Å². The highest BCUT2D eigenvalue weighted by Gasteiger charge is 2.13. The van der Waals surface area contributed by atoms with Crippen LogP contribution >= 0.6 is 15.9 Å². The summed E-state index contributed by atoms with van der Waals surface area (Å²) in [5.41, 5.74) is 3.54. The van der Waals surface area contributed by atoms with E-state index in [0.29, 0.717) is 23.7 Å². The van der Waals surface area contributed by atoms with Gasteiger partial charge in [0.05, 0.1) is 28.8 Å². The summed E-state index contributed by atoms with van der Waals surface area (Å²) < 4.78 is 12.4. The summed E-state index contributed by atoms with van der Waals surface area (Å²) in [6.07, 6.45) is 1.90. The number of halogens is 1. The maximum atomic E-state index is 9.54. The van der Waals surface area contributed by atoms with Gasteiger partial charge in [-0.3, -0.25) is 0 Å². The van der Waals surface area contributed by atoms with Crippen molar-refractivity contribution in [3.63, 3.8) is 0 Å². The first-order chi connectivity index (χ1) is 11.9. The Labute approximate surface area is 158 Å². The van der Waals surface area contributed by atoms with Crippen LogP contribution in [0.15, 0.2) is 40.9 Å². The van der Waals surface area contributed by atoms with Gasteiger partial charge in [-0.2, -0.15) is 5.26 Å². The molecule has 0 N–H and O–H groups in total. The maximum Gasteiger partial charge on any atom is 0.175 e. The zero-order valence-electron chi connectivity index (χ0n) is 15.0. The van der Waals surface area contributed by atoms with E-state index in [1.165, 1.54) is 0 Å². The number of ether oxygens (including phenoxy) is 2. The monoisotopic (exact) mass is 399 g/mol. The quantitative estimate of drug-likeness (QED) is 0.441. The second-order valence-corrected chi connectivity index (χ2v) is 6.82. The van der Waals surface area contributed by atoms with E-state index in [-0.39, 0.29) is 6.10 Å². The predicted molar refractivity (Wildman–Crippen MR) is 106 cm³/mol. The first-order valence-electron chi connectivity index (χ1n) is 8.26. The molecule has 2 rings (SSSR count). The Balaban J connectivity index is 2.47. The van der Waals surface area contributed by atoms with E-state index in [4.69, 9.17) is 9.47 Å². The van der Waals surface area contributed by atoms with Crippen molar-refractivity contribution in [3.8, 4) is 17.6 Å². The Kier molecular flexibility index (Phi) is 6.66. The molecule has 0 aliphatic rings. The second-order valence-electron chi connectivity index (χ2n) is 5.97. The Bertz CT molecular complexity index is 802. The number of allylic oxidation sites excluding steroid dienone is 1. The van der Waals surface area contributed by atoms with Gasteiger partial charge in [-0.15, -0.1) is 0 Å². The summed E-state index contributed by atoms with van der Waals surface area (Å²) in [5, 5.41) is 9.54. The molecular weight excluding hydrogens is 378 g/mol.